The first-order valence-corrected chi connectivity index (χ1v) is 4.71. The lowest BCUT2D eigenvalue weighted by Crippen LogP contribution is -2.12. The van der Waals surface area contributed by atoms with Gasteiger partial charge >= 0.3 is 5.97 Å². The second kappa shape index (κ2) is 3.77. The van der Waals surface area contributed by atoms with Gasteiger partial charge in [-0.05, 0) is 25.1 Å². The van der Waals surface area contributed by atoms with Crippen LogP contribution >= 0.6 is 0 Å². The normalized spacial score (nSPS) is 10.4. The number of aromatic nitrogens is 2. The lowest BCUT2D eigenvalue weighted by Gasteiger charge is -2.02. The molecule has 2 aromatic rings. The number of hydrogen-bond donors (Lipinski definition) is 1. The number of ether oxygens (including phenoxy) is 1. The summed E-state index contributed by atoms with van der Waals surface area (Å²) in [6, 6.07) is 4.83. The number of rotatable bonds is 1. The van der Waals surface area contributed by atoms with E-state index in [0.717, 1.165) is 0 Å². The van der Waals surface area contributed by atoms with Gasteiger partial charge in [-0.3, -0.25) is 4.79 Å². The molecule has 0 atom stereocenters. The van der Waals surface area contributed by atoms with Crippen molar-refractivity contribution in [2.45, 2.75) is 6.92 Å². The second-order valence-electron chi connectivity index (χ2n) is 3.37. The van der Waals surface area contributed by atoms with Crippen molar-refractivity contribution in [2.75, 3.05) is 7.11 Å². The number of nitrogens with one attached hydrogen (secondary N) is 1. The predicted octanol–water partition coefficient (Wildman–Crippen LogP) is 1.02. The Labute approximate surface area is 91.1 Å². The van der Waals surface area contributed by atoms with Crippen molar-refractivity contribution in [3.8, 4) is 0 Å². The number of carbonyl (C=O) groups excluding carboxylic acids is 1. The van der Waals surface area contributed by atoms with E-state index in [1.807, 2.05) is 0 Å². The molecule has 0 saturated carbocycles. The van der Waals surface area contributed by atoms with Crippen LogP contribution in [0.5, 0.6) is 0 Å². The fourth-order valence-corrected chi connectivity index (χ4v) is 1.42. The molecule has 0 aliphatic carbocycles. The molecule has 1 aromatic carbocycles. The van der Waals surface area contributed by atoms with Crippen molar-refractivity contribution < 1.29 is 9.53 Å². The summed E-state index contributed by atoms with van der Waals surface area (Å²) in [5.41, 5.74) is 1.70. The number of methoxy groups -OCH3 is 1. The quantitative estimate of drug-likeness (QED) is 0.725. The number of benzene rings is 1. The van der Waals surface area contributed by atoms with Gasteiger partial charge in [-0.1, -0.05) is 0 Å². The maximum atomic E-state index is 11.3. The molecule has 16 heavy (non-hydrogen) atoms. The molecule has 0 aliphatic heterocycles. The zero-order chi connectivity index (χ0) is 11.7. The molecular weight excluding hydrogens is 208 g/mol. The maximum Gasteiger partial charge on any atom is 0.337 e. The van der Waals surface area contributed by atoms with E-state index in [0.29, 0.717) is 22.3 Å². The van der Waals surface area contributed by atoms with Gasteiger partial charge in [0.1, 0.15) is 5.69 Å². The standard InChI is InChI=1S/C11H10N2O3/c1-6-10(14)13-9-5-7(11(15)16-2)3-4-8(9)12-6/h3-5H,1-2H3,(H,13,14). The van der Waals surface area contributed by atoms with Crippen LogP contribution in [-0.2, 0) is 4.74 Å². The second-order valence-corrected chi connectivity index (χ2v) is 3.37. The van der Waals surface area contributed by atoms with Crippen LogP contribution in [-0.4, -0.2) is 23.0 Å². The molecule has 5 nitrogen and oxygen atoms in total. The number of esters is 1. The zero-order valence-electron chi connectivity index (χ0n) is 8.90. The zero-order valence-corrected chi connectivity index (χ0v) is 8.90. The summed E-state index contributed by atoms with van der Waals surface area (Å²) in [7, 11) is 1.31. The van der Waals surface area contributed by atoms with Crippen LogP contribution < -0.4 is 5.56 Å². The van der Waals surface area contributed by atoms with Crippen molar-refractivity contribution in [3.05, 3.63) is 39.8 Å². The van der Waals surface area contributed by atoms with Crippen LogP contribution in [0.25, 0.3) is 11.0 Å². The number of hydrogen-bond acceptors (Lipinski definition) is 4. The van der Waals surface area contributed by atoms with Gasteiger partial charge < -0.3 is 9.72 Å². The molecule has 5 heteroatoms. The van der Waals surface area contributed by atoms with Crippen molar-refractivity contribution in [3.63, 3.8) is 0 Å². The molecule has 0 unspecified atom stereocenters. The van der Waals surface area contributed by atoms with Gasteiger partial charge in [-0.2, -0.15) is 0 Å². The monoisotopic (exact) mass is 218 g/mol. The Morgan fingerprint density at radius 1 is 1.44 bits per heavy atom. The largest absolute Gasteiger partial charge is 0.465 e. The lowest BCUT2D eigenvalue weighted by atomic mass is 10.2. The Morgan fingerprint density at radius 3 is 2.88 bits per heavy atom. The van der Waals surface area contributed by atoms with E-state index in [4.69, 9.17) is 0 Å². The number of fused-ring (bicyclic) bond motifs is 1. The van der Waals surface area contributed by atoms with Crippen LogP contribution in [0, 0.1) is 6.92 Å². The molecule has 0 aliphatic rings. The van der Waals surface area contributed by atoms with Crippen molar-refractivity contribution in [2.24, 2.45) is 0 Å². The average Bonchev–Trinajstić information content (AvgIpc) is 2.29. The minimum atomic E-state index is -0.441. The Kier molecular flexibility index (Phi) is 2.44. The Morgan fingerprint density at radius 2 is 2.19 bits per heavy atom. The van der Waals surface area contributed by atoms with Gasteiger partial charge in [-0.15, -0.1) is 0 Å². The van der Waals surface area contributed by atoms with Gasteiger partial charge in [-0.25, -0.2) is 9.78 Å². The molecular formula is C11H10N2O3. The predicted molar refractivity (Wildman–Crippen MR) is 58.4 cm³/mol. The minimum Gasteiger partial charge on any atom is -0.465 e. The summed E-state index contributed by atoms with van der Waals surface area (Å²) in [5, 5.41) is 0. The van der Waals surface area contributed by atoms with Gasteiger partial charge in [0.15, 0.2) is 0 Å². The summed E-state index contributed by atoms with van der Waals surface area (Å²) in [6.45, 7) is 1.63. The highest BCUT2D eigenvalue weighted by Gasteiger charge is 2.07. The van der Waals surface area contributed by atoms with E-state index in [2.05, 4.69) is 14.7 Å². The van der Waals surface area contributed by atoms with E-state index < -0.39 is 5.97 Å². The highest BCUT2D eigenvalue weighted by atomic mass is 16.5. The number of aromatic amines is 1. The third-order valence-corrected chi connectivity index (χ3v) is 2.28. The molecule has 0 bridgehead atoms. The Balaban J connectivity index is 2.67. The summed E-state index contributed by atoms with van der Waals surface area (Å²) in [4.78, 5) is 29.4. The number of aryl methyl sites for hydroxylation is 1. The first kappa shape index (κ1) is 10.4. The molecule has 2 rings (SSSR count). The van der Waals surface area contributed by atoms with Crippen LogP contribution in [0.15, 0.2) is 23.0 Å². The minimum absolute atomic E-state index is 0.255. The van der Waals surface area contributed by atoms with E-state index in [9.17, 15) is 9.59 Å². The summed E-state index contributed by atoms with van der Waals surface area (Å²) >= 11 is 0. The molecule has 1 aromatic heterocycles. The molecule has 0 fully saturated rings. The van der Waals surface area contributed by atoms with Gasteiger partial charge in [0, 0.05) is 0 Å². The first-order chi connectivity index (χ1) is 7.61. The molecule has 0 spiro atoms. The van der Waals surface area contributed by atoms with E-state index in [-0.39, 0.29) is 5.56 Å². The third kappa shape index (κ3) is 1.67. The topological polar surface area (TPSA) is 72.0 Å². The highest BCUT2D eigenvalue weighted by Crippen LogP contribution is 2.11. The van der Waals surface area contributed by atoms with Crippen LogP contribution in [0.3, 0.4) is 0 Å². The van der Waals surface area contributed by atoms with Crippen LogP contribution in [0.4, 0.5) is 0 Å². The van der Waals surface area contributed by atoms with Crippen LogP contribution in [0.1, 0.15) is 16.1 Å². The number of H-pyrrole nitrogens is 1. The summed E-state index contributed by atoms with van der Waals surface area (Å²) in [5.74, 6) is -0.441. The Bertz CT molecular complexity index is 616. The van der Waals surface area contributed by atoms with Gasteiger partial charge in [0.25, 0.3) is 5.56 Å². The molecule has 0 saturated heterocycles. The van der Waals surface area contributed by atoms with Crippen LogP contribution in [0.2, 0.25) is 0 Å². The molecule has 82 valence electrons. The van der Waals surface area contributed by atoms with Crippen molar-refractivity contribution >= 4 is 17.0 Å². The smallest absolute Gasteiger partial charge is 0.337 e. The van der Waals surface area contributed by atoms with Crippen molar-refractivity contribution in [1.29, 1.82) is 0 Å². The first-order valence-electron chi connectivity index (χ1n) is 4.71. The molecule has 1 heterocycles. The molecule has 0 amide bonds. The highest BCUT2D eigenvalue weighted by molar-refractivity contribution is 5.93. The lowest BCUT2D eigenvalue weighted by molar-refractivity contribution is 0.0601. The van der Waals surface area contributed by atoms with Gasteiger partial charge in [0.2, 0.25) is 0 Å². The Hall–Kier alpha value is -2.17. The number of nitrogens with zero attached hydrogens (tertiary/aromatic N) is 1. The fraction of sp³-hybridized carbons (Fsp3) is 0.182. The summed E-state index contributed by atoms with van der Waals surface area (Å²) in [6.07, 6.45) is 0. The van der Waals surface area contributed by atoms with E-state index in [1.165, 1.54) is 7.11 Å². The average molecular weight is 218 g/mol. The maximum absolute atomic E-state index is 11.3. The van der Waals surface area contributed by atoms with Gasteiger partial charge in [0.05, 0.1) is 23.7 Å². The van der Waals surface area contributed by atoms with Crippen molar-refractivity contribution in [1.82, 2.24) is 9.97 Å². The molecule has 0 radical (unpaired) electrons. The third-order valence-electron chi connectivity index (χ3n) is 2.28. The number of carbonyl (C=O) groups is 1. The SMILES string of the molecule is COC(=O)c1ccc2nc(C)c(=O)[nH]c2c1. The summed E-state index contributed by atoms with van der Waals surface area (Å²) < 4.78 is 4.59. The fourth-order valence-electron chi connectivity index (χ4n) is 1.42. The van der Waals surface area contributed by atoms with E-state index >= 15 is 0 Å². The van der Waals surface area contributed by atoms with E-state index in [1.54, 1.807) is 25.1 Å². The molecule has 1 N–H and O–H groups in total.